The first-order valence-electron chi connectivity index (χ1n) is 12.2. The van der Waals surface area contributed by atoms with E-state index in [4.69, 9.17) is 9.47 Å². The van der Waals surface area contributed by atoms with Crippen LogP contribution in [0.15, 0.2) is 72.8 Å². The van der Waals surface area contributed by atoms with Gasteiger partial charge in [0.15, 0.2) is 11.5 Å². The van der Waals surface area contributed by atoms with Crippen LogP contribution in [0.4, 0.5) is 8.78 Å². The van der Waals surface area contributed by atoms with E-state index in [2.05, 4.69) is 5.32 Å². The summed E-state index contributed by atoms with van der Waals surface area (Å²) in [6.07, 6.45) is -0.826. The molecule has 1 fully saturated rings. The topological polar surface area (TPSA) is 67.8 Å². The summed E-state index contributed by atoms with van der Waals surface area (Å²) < 4.78 is 38.8. The van der Waals surface area contributed by atoms with Crippen molar-refractivity contribution in [2.75, 3.05) is 0 Å². The first kappa shape index (κ1) is 24.3. The Morgan fingerprint density at radius 3 is 2.14 bits per heavy atom. The zero-order valence-electron chi connectivity index (χ0n) is 19.8. The van der Waals surface area contributed by atoms with Crippen LogP contribution in [0.5, 0.6) is 11.5 Å². The Morgan fingerprint density at radius 2 is 1.53 bits per heavy atom. The van der Waals surface area contributed by atoms with E-state index in [0.29, 0.717) is 43.1 Å². The molecule has 0 aliphatic heterocycles. The third-order valence-corrected chi connectivity index (χ3v) is 6.92. The van der Waals surface area contributed by atoms with Gasteiger partial charge in [0.05, 0.1) is 12.1 Å². The molecule has 0 heterocycles. The normalized spacial score (nSPS) is 20.6. The monoisotopic (exact) mass is 493 g/mol. The minimum atomic E-state index is -2.76. The Morgan fingerprint density at radius 1 is 0.917 bits per heavy atom. The molecule has 0 aromatic heterocycles. The van der Waals surface area contributed by atoms with Gasteiger partial charge in [-0.25, -0.2) is 8.78 Å². The molecule has 1 amide bonds. The van der Waals surface area contributed by atoms with E-state index in [1.165, 1.54) is 0 Å². The van der Waals surface area contributed by atoms with Crippen LogP contribution in [-0.4, -0.2) is 23.0 Å². The lowest BCUT2D eigenvalue weighted by Gasteiger charge is -2.37. The van der Waals surface area contributed by atoms with Gasteiger partial charge in [-0.1, -0.05) is 66.7 Å². The second-order valence-corrected chi connectivity index (χ2v) is 9.57. The number of ether oxygens (including phenoxy) is 2. The predicted molar refractivity (Wildman–Crippen MR) is 131 cm³/mol. The molecule has 5 rings (SSSR count). The number of carbonyl (C=O) groups excluding carboxylic acids is 1. The average molecular weight is 494 g/mol. The van der Waals surface area contributed by atoms with Crippen LogP contribution in [0.2, 0.25) is 0 Å². The highest BCUT2D eigenvalue weighted by Crippen LogP contribution is 2.44. The maximum atomic E-state index is 13.2. The number of benzene rings is 3. The Kier molecular flexibility index (Phi) is 6.92. The number of nitrogens with one attached hydrogen (secondary N) is 1. The highest BCUT2D eigenvalue weighted by molar-refractivity contribution is 5.80. The van der Waals surface area contributed by atoms with Crippen LogP contribution in [0.3, 0.4) is 0 Å². The summed E-state index contributed by atoms with van der Waals surface area (Å²) in [6, 6.07) is 22.6. The van der Waals surface area contributed by atoms with Crippen molar-refractivity contribution in [2.45, 2.75) is 57.0 Å². The highest BCUT2D eigenvalue weighted by Gasteiger charge is 2.49. The highest BCUT2D eigenvalue weighted by atomic mass is 19.3. The Hall–Kier alpha value is -3.45. The number of alkyl halides is 2. The summed E-state index contributed by atoms with van der Waals surface area (Å²) in [5.74, 6) is -2.72. The number of aliphatic hydroxyl groups is 1. The Balaban J connectivity index is 1.35. The molecule has 5 nitrogen and oxygen atoms in total. The maximum absolute atomic E-state index is 13.2. The lowest BCUT2D eigenvalue weighted by atomic mass is 9.79. The first-order valence-corrected chi connectivity index (χ1v) is 12.2. The summed E-state index contributed by atoms with van der Waals surface area (Å²) in [5.41, 5.74) is 3.52. The quantitative estimate of drug-likeness (QED) is 0.444. The van der Waals surface area contributed by atoms with E-state index < -0.39 is 42.7 Å². The van der Waals surface area contributed by atoms with Crippen LogP contribution in [0.1, 0.15) is 47.6 Å². The van der Waals surface area contributed by atoms with Gasteiger partial charge in [0.1, 0.15) is 13.2 Å². The van der Waals surface area contributed by atoms with Crippen LogP contribution in [-0.2, 0) is 24.4 Å². The number of hydrogen-bond acceptors (Lipinski definition) is 4. The SMILES string of the molecule is O=C(N[C@@H]1CCc2c(ccc(OCc3ccccc3)c2OCc2ccccc2)[C@H]1O)C1CC(F)(F)C1. The molecule has 2 aliphatic rings. The van der Waals surface area contributed by atoms with Crippen molar-refractivity contribution in [3.8, 4) is 11.5 Å². The second kappa shape index (κ2) is 10.3. The second-order valence-electron chi connectivity index (χ2n) is 9.57. The van der Waals surface area contributed by atoms with Crippen molar-refractivity contribution in [1.29, 1.82) is 0 Å². The molecule has 2 N–H and O–H groups in total. The van der Waals surface area contributed by atoms with Gasteiger partial charge >= 0.3 is 0 Å². The summed E-state index contributed by atoms with van der Waals surface area (Å²) >= 11 is 0. The summed E-state index contributed by atoms with van der Waals surface area (Å²) in [4.78, 5) is 12.4. The third-order valence-electron chi connectivity index (χ3n) is 6.92. The van der Waals surface area contributed by atoms with Gasteiger partial charge in [-0.3, -0.25) is 4.79 Å². The van der Waals surface area contributed by atoms with Crippen molar-refractivity contribution in [3.05, 3.63) is 95.1 Å². The largest absolute Gasteiger partial charge is 0.485 e. The van der Waals surface area contributed by atoms with E-state index >= 15 is 0 Å². The molecule has 2 aliphatic carbocycles. The number of amides is 1. The lowest BCUT2D eigenvalue weighted by molar-refractivity contribution is -0.151. The average Bonchev–Trinajstić information content (AvgIpc) is 2.87. The molecular formula is C29H29F2NO4. The van der Waals surface area contributed by atoms with E-state index in [1.807, 2.05) is 60.7 Å². The van der Waals surface area contributed by atoms with E-state index in [1.54, 1.807) is 12.1 Å². The van der Waals surface area contributed by atoms with Gasteiger partial charge in [0.25, 0.3) is 0 Å². The number of aliphatic hydroxyl groups excluding tert-OH is 1. The zero-order valence-corrected chi connectivity index (χ0v) is 19.8. The fraction of sp³-hybridized carbons (Fsp3) is 0.345. The van der Waals surface area contributed by atoms with Gasteiger partial charge in [-0.15, -0.1) is 0 Å². The molecule has 188 valence electrons. The molecule has 36 heavy (non-hydrogen) atoms. The van der Waals surface area contributed by atoms with Crippen molar-refractivity contribution in [2.24, 2.45) is 5.92 Å². The van der Waals surface area contributed by atoms with Gasteiger partial charge in [-0.2, -0.15) is 0 Å². The van der Waals surface area contributed by atoms with Crippen LogP contribution < -0.4 is 14.8 Å². The van der Waals surface area contributed by atoms with Gasteiger partial charge < -0.3 is 19.9 Å². The molecule has 3 aromatic rings. The molecule has 7 heteroatoms. The first-order chi connectivity index (χ1) is 17.4. The Bertz CT molecular complexity index is 1190. The molecular weight excluding hydrogens is 464 g/mol. The number of rotatable bonds is 8. The van der Waals surface area contributed by atoms with Crippen LogP contribution in [0.25, 0.3) is 0 Å². The fourth-order valence-corrected chi connectivity index (χ4v) is 4.87. The van der Waals surface area contributed by atoms with Crippen molar-refractivity contribution in [1.82, 2.24) is 5.32 Å². The minimum absolute atomic E-state index is 0.338. The molecule has 3 aromatic carbocycles. The van der Waals surface area contributed by atoms with Crippen molar-refractivity contribution in [3.63, 3.8) is 0 Å². The predicted octanol–water partition coefficient (Wildman–Crippen LogP) is 5.35. The van der Waals surface area contributed by atoms with Crippen molar-refractivity contribution < 1.29 is 28.2 Å². The molecule has 1 saturated carbocycles. The molecule has 0 bridgehead atoms. The van der Waals surface area contributed by atoms with E-state index in [9.17, 15) is 18.7 Å². The number of hydrogen-bond donors (Lipinski definition) is 2. The van der Waals surface area contributed by atoms with E-state index in [-0.39, 0.29) is 0 Å². The van der Waals surface area contributed by atoms with Gasteiger partial charge in [-0.05, 0) is 35.6 Å². The molecule has 0 radical (unpaired) electrons. The van der Waals surface area contributed by atoms with Gasteiger partial charge in [0.2, 0.25) is 11.8 Å². The van der Waals surface area contributed by atoms with Gasteiger partial charge in [0, 0.05) is 24.3 Å². The smallest absolute Gasteiger partial charge is 0.249 e. The summed E-state index contributed by atoms with van der Waals surface area (Å²) in [5, 5.41) is 13.9. The lowest BCUT2D eigenvalue weighted by Crippen LogP contribution is -2.50. The summed E-state index contributed by atoms with van der Waals surface area (Å²) in [6.45, 7) is 0.708. The van der Waals surface area contributed by atoms with Crippen LogP contribution >= 0.6 is 0 Å². The maximum Gasteiger partial charge on any atom is 0.249 e. The van der Waals surface area contributed by atoms with Crippen molar-refractivity contribution >= 4 is 5.91 Å². The van der Waals surface area contributed by atoms with E-state index in [0.717, 1.165) is 16.7 Å². The minimum Gasteiger partial charge on any atom is -0.485 e. The number of fused-ring (bicyclic) bond motifs is 1. The number of halogens is 2. The summed E-state index contributed by atoms with van der Waals surface area (Å²) in [7, 11) is 0. The molecule has 2 atom stereocenters. The Labute approximate surface area is 209 Å². The number of carbonyl (C=O) groups is 1. The third kappa shape index (κ3) is 5.36. The zero-order chi connectivity index (χ0) is 25.1. The molecule has 0 spiro atoms. The molecule has 0 saturated heterocycles. The standard InChI is InChI=1S/C29H29F2NO4/c30-29(31)15-21(16-29)28(34)32-24-13-11-23-22(26(24)33)12-14-25(35-17-19-7-3-1-4-8-19)27(23)36-18-20-9-5-2-6-10-20/h1-10,12,14,21,24,26,33H,11,13,15-18H2,(H,32,34)/t24-,26-/m1/s1. The van der Waals surface area contributed by atoms with Crippen LogP contribution in [0, 0.1) is 5.92 Å². The fourth-order valence-electron chi connectivity index (χ4n) is 4.87. The molecule has 0 unspecified atom stereocenters.